The SMILES string of the molecule is COC(=O)[C@H]1CCCN(C(=O)c2cccn2CC(F)F)C1. The number of hydrogen-bond acceptors (Lipinski definition) is 3. The van der Waals surface area contributed by atoms with Crippen LogP contribution in [0.25, 0.3) is 0 Å². The van der Waals surface area contributed by atoms with Crippen LogP contribution in [0.5, 0.6) is 0 Å². The molecule has 2 rings (SSSR count). The lowest BCUT2D eigenvalue weighted by molar-refractivity contribution is -0.146. The summed E-state index contributed by atoms with van der Waals surface area (Å²) < 4.78 is 30.9. The van der Waals surface area contributed by atoms with Crippen molar-refractivity contribution in [1.29, 1.82) is 0 Å². The highest BCUT2D eigenvalue weighted by molar-refractivity contribution is 5.93. The second-order valence-electron chi connectivity index (χ2n) is 5.05. The van der Waals surface area contributed by atoms with Gasteiger partial charge >= 0.3 is 5.97 Å². The number of alkyl halides is 2. The molecule has 7 heteroatoms. The zero-order valence-electron chi connectivity index (χ0n) is 11.8. The molecular weight excluding hydrogens is 282 g/mol. The number of likely N-dealkylation sites (tertiary alicyclic amines) is 1. The fraction of sp³-hybridized carbons (Fsp3) is 0.571. The van der Waals surface area contributed by atoms with Gasteiger partial charge in [0.15, 0.2) is 0 Å². The topological polar surface area (TPSA) is 51.5 Å². The molecular formula is C14H18F2N2O3. The van der Waals surface area contributed by atoms with Gasteiger partial charge in [0, 0.05) is 19.3 Å². The third-order valence-corrected chi connectivity index (χ3v) is 3.63. The van der Waals surface area contributed by atoms with E-state index in [1.54, 1.807) is 6.07 Å². The molecule has 2 heterocycles. The molecule has 1 aromatic rings. The number of rotatable bonds is 4. The van der Waals surface area contributed by atoms with Gasteiger partial charge in [-0.25, -0.2) is 8.78 Å². The summed E-state index contributed by atoms with van der Waals surface area (Å²) in [5.74, 6) is -1.00. The summed E-state index contributed by atoms with van der Waals surface area (Å²) in [4.78, 5) is 25.5. The highest BCUT2D eigenvalue weighted by atomic mass is 19.3. The molecule has 0 bridgehead atoms. The van der Waals surface area contributed by atoms with E-state index in [4.69, 9.17) is 4.74 Å². The number of amides is 1. The number of hydrogen-bond donors (Lipinski definition) is 0. The van der Waals surface area contributed by atoms with E-state index in [1.807, 2.05) is 0 Å². The largest absolute Gasteiger partial charge is 0.469 e. The quantitative estimate of drug-likeness (QED) is 0.796. The van der Waals surface area contributed by atoms with Crippen molar-refractivity contribution in [1.82, 2.24) is 9.47 Å². The van der Waals surface area contributed by atoms with E-state index in [9.17, 15) is 18.4 Å². The first kappa shape index (κ1) is 15.5. The molecule has 0 saturated carbocycles. The van der Waals surface area contributed by atoms with Gasteiger partial charge in [0.25, 0.3) is 12.3 Å². The summed E-state index contributed by atoms with van der Waals surface area (Å²) in [5, 5.41) is 0. The molecule has 21 heavy (non-hydrogen) atoms. The second kappa shape index (κ2) is 6.69. The van der Waals surface area contributed by atoms with Gasteiger partial charge in [-0.2, -0.15) is 0 Å². The Bertz CT molecular complexity index is 516. The van der Waals surface area contributed by atoms with E-state index in [2.05, 4.69) is 0 Å². The Morgan fingerprint density at radius 2 is 2.24 bits per heavy atom. The van der Waals surface area contributed by atoms with Crippen LogP contribution in [0.3, 0.4) is 0 Å². The Balaban J connectivity index is 2.09. The summed E-state index contributed by atoms with van der Waals surface area (Å²) in [6.07, 6.45) is 0.310. The predicted molar refractivity (Wildman–Crippen MR) is 71.1 cm³/mol. The van der Waals surface area contributed by atoms with Crippen molar-refractivity contribution in [2.45, 2.75) is 25.8 Å². The van der Waals surface area contributed by atoms with Gasteiger partial charge in [0.05, 0.1) is 19.6 Å². The van der Waals surface area contributed by atoms with Gasteiger partial charge < -0.3 is 14.2 Å². The van der Waals surface area contributed by atoms with Gasteiger partial charge in [-0.15, -0.1) is 0 Å². The maximum atomic E-state index is 12.5. The Kier molecular flexibility index (Phi) is 4.93. The predicted octanol–water partition coefficient (Wildman–Crippen LogP) is 1.78. The molecule has 1 fully saturated rings. The van der Waals surface area contributed by atoms with Crippen LogP contribution in [-0.2, 0) is 16.1 Å². The standard InChI is InChI=1S/C14H18F2N2O3/c1-21-14(20)10-4-2-7-18(8-10)13(19)11-5-3-6-17(11)9-12(15)16/h3,5-6,10,12H,2,4,7-9H2,1H3/t10-/m0/s1. The van der Waals surface area contributed by atoms with Crippen LogP contribution in [0.2, 0.25) is 0 Å². The summed E-state index contributed by atoms with van der Waals surface area (Å²) >= 11 is 0. The molecule has 1 saturated heterocycles. The number of nitrogens with zero attached hydrogens (tertiary/aromatic N) is 2. The van der Waals surface area contributed by atoms with Crippen molar-refractivity contribution < 1.29 is 23.1 Å². The van der Waals surface area contributed by atoms with Gasteiger partial charge in [0.1, 0.15) is 5.69 Å². The summed E-state index contributed by atoms with van der Waals surface area (Å²) in [5.41, 5.74) is 0.223. The van der Waals surface area contributed by atoms with Crippen LogP contribution in [-0.4, -0.2) is 48.0 Å². The molecule has 0 N–H and O–H groups in total. The molecule has 0 spiro atoms. The molecule has 116 valence electrons. The number of aromatic nitrogens is 1. The van der Waals surface area contributed by atoms with Crippen LogP contribution >= 0.6 is 0 Å². The van der Waals surface area contributed by atoms with Crippen LogP contribution in [0.4, 0.5) is 8.78 Å². The highest BCUT2D eigenvalue weighted by Gasteiger charge is 2.30. The Morgan fingerprint density at radius 1 is 1.48 bits per heavy atom. The molecule has 1 aromatic heterocycles. The van der Waals surface area contributed by atoms with Crippen LogP contribution < -0.4 is 0 Å². The number of halogens is 2. The summed E-state index contributed by atoms with van der Waals surface area (Å²) in [7, 11) is 1.32. The Hall–Kier alpha value is -1.92. The van der Waals surface area contributed by atoms with E-state index in [0.29, 0.717) is 19.4 Å². The minimum Gasteiger partial charge on any atom is -0.469 e. The summed E-state index contributed by atoms with van der Waals surface area (Å²) in [6, 6.07) is 3.09. The fourth-order valence-corrected chi connectivity index (χ4v) is 2.60. The average Bonchev–Trinajstić information content (AvgIpc) is 2.93. The van der Waals surface area contributed by atoms with Gasteiger partial charge in [-0.3, -0.25) is 9.59 Å². The van der Waals surface area contributed by atoms with Crippen molar-refractivity contribution in [3.63, 3.8) is 0 Å². The van der Waals surface area contributed by atoms with Crippen molar-refractivity contribution in [2.75, 3.05) is 20.2 Å². The van der Waals surface area contributed by atoms with Crippen LogP contribution in [0, 0.1) is 5.92 Å². The lowest BCUT2D eigenvalue weighted by Crippen LogP contribution is -2.43. The first-order chi connectivity index (χ1) is 10.0. The van der Waals surface area contributed by atoms with E-state index in [1.165, 1.54) is 28.8 Å². The van der Waals surface area contributed by atoms with E-state index in [-0.39, 0.29) is 30.0 Å². The van der Waals surface area contributed by atoms with E-state index >= 15 is 0 Å². The lowest BCUT2D eigenvalue weighted by atomic mass is 9.98. The zero-order chi connectivity index (χ0) is 15.4. The van der Waals surface area contributed by atoms with Crippen molar-refractivity contribution in [3.8, 4) is 0 Å². The third-order valence-electron chi connectivity index (χ3n) is 3.63. The smallest absolute Gasteiger partial charge is 0.310 e. The molecule has 0 aromatic carbocycles. The van der Waals surface area contributed by atoms with Gasteiger partial charge in [-0.1, -0.05) is 0 Å². The fourth-order valence-electron chi connectivity index (χ4n) is 2.60. The number of esters is 1. The minimum atomic E-state index is -2.52. The Labute approximate surface area is 121 Å². The van der Waals surface area contributed by atoms with Crippen molar-refractivity contribution in [2.24, 2.45) is 5.92 Å². The molecule has 0 aliphatic carbocycles. The Morgan fingerprint density at radius 3 is 2.90 bits per heavy atom. The average molecular weight is 300 g/mol. The number of piperidine rings is 1. The maximum Gasteiger partial charge on any atom is 0.310 e. The maximum absolute atomic E-state index is 12.5. The molecule has 0 radical (unpaired) electrons. The minimum absolute atomic E-state index is 0.223. The van der Waals surface area contributed by atoms with E-state index in [0.717, 1.165) is 0 Å². The molecule has 1 aliphatic rings. The monoisotopic (exact) mass is 300 g/mol. The first-order valence-electron chi connectivity index (χ1n) is 6.83. The summed E-state index contributed by atoms with van der Waals surface area (Å²) in [6.45, 7) is 0.278. The number of carbonyl (C=O) groups excluding carboxylic acids is 2. The number of carbonyl (C=O) groups is 2. The molecule has 0 unspecified atom stereocenters. The first-order valence-corrected chi connectivity index (χ1v) is 6.83. The highest BCUT2D eigenvalue weighted by Crippen LogP contribution is 2.20. The van der Waals surface area contributed by atoms with Crippen LogP contribution in [0.1, 0.15) is 23.3 Å². The molecule has 1 atom stereocenters. The normalized spacial score (nSPS) is 18.9. The number of methoxy groups -OCH3 is 1. The molecule has 5 nitrogen and oxygen atoms in total. The third kappa shape index (κ3) is 3.59. The van der Waals surface area contributed by atoms with E-state index < -0.39 is 13.0 Å². The van der Waals surface area contributed by atoms with Gasteiger partial charge in [-0.05, 0) is 25.0 Å². The number of ether oxygens (including phenoxy) is 1. The van der Waals surface area contributed by atoms with Crippen molar-refractivity contribution >= 4 is 11.9 Å². The second-order valence-corrected chi connectivity index (χ2v) is 5.05. The molecule has 1 amide bonds. The van der Waals surface area contributed by atoms with Crippen LogP contribution in [0.15, 0.2) is 18.3 Å². The zero-order valence-corrected chi connectivity index (χ0v) is 11.8. The van der Waals surface area contributed by atoms with Crippen molar-refractivity contribution in [3.05, 3.63) is 24.0 Å². The molecule has 1 aliphatic heterocycles. The lowest BCUT2D eigenvalue weighted by Gasteiger charge is -2.31. The van der Waals surface area contributed by atoms with Gasteiger partial charge in [0.2, 0.25) is 0 Å².